The van der Waals surface area contributed by atoms with Gasteiger partial charge in [0.15, 0.2) is 0 Å². The van der Waals surface area contributed by atoms with Crippen molar-refractivity contribution in [3.8, 4) is 17.1 Å². The summed E-state index contributed by atoms with van der Waals surface area (Å²) in [4.78, 5) is 33.5. The SMILES string of the molecule is COc1cccc(-c2cccc(C(=O)N3CCN4CCNC(=O)C4C3)c2)n1. The van der Waals surface area contributed by atoms with E-state index in [1.54, 1.807) is 24.1 Å². The molecule has 2 aliphatic rings. The maximum absolute atomic E-state index is 13.0. The predicted octanol–water partition coefficient (Wildman–Crippen LogP) is 1.01. The van der Waals surface area contributed by atoms with Crippen LogP contribution in [-0.2, 0) is 4.79 Å². The zero-order valence-corrected chi connectivity index (χ0v) is 15.2. The van der Waals surface area contributed by atoms with E-state index in [4.69, 9.17) is 4.74 Å². The van der Waals surface area contributed by atoms with E-state index in [0.717, 1.165) is 24.3 Å². The van der Waals surface area contributed by atoms with Gasteiger partial charge in [0.25, 0.3) is 5.91 Å². The molecule has 1 atom stereocenters. The molecule has 1 unspecified atom stereocenters. The van der Waals surface area contributed by atoms with Crippen LogP contribution in [0.5, 0.6) is 5.88 Å². The fraction of sp³-hybridized carbons (Fsp3) is 0.350. The molecule has 7 heteroatoms. The van der Waals surface area contributed by atoms with Gasteiger partial charge in [-0.15, -0.1) is 0 Å². The standard InChI is InChI=1S/C20H22N4O3/c1-27-18-7-3-6-16(22-18)14-4-2-5-15(12-14)20(26)24-11-10-23-9-8-21-19(25)17(23)13-24/h2-7,12,17H,8-11,13H2,1H3,(H,21,25). The number of hydrogen-bond donors (Lipinski definition) is 1. The molecule has 0 spiro atoms. The summed E-state index contributed by atoms with van der Waals surface area (Å²) in [7, 11) is 1.58. The Balaban J connectivity index is 1.55. The van der Waals surface area contributed by atoms with E-state index in [0.29, 0.717) is 31.1 Å². The van der Waals surface area contributed by atoms with Gasteiger partial charge in [-0.05, 0) is 18.2 Å². The molecule has 2 fully saturated rings. The van der Waals surface area contributed by atoms with Crippen molar-refractivity contribution in [1.29, 1.82) is 0 Å². The molecule has 0 saturated carbocycles. The van der Waals surface area contributed by atoms with Crippen LogP contribution in [0.25, 0.3) is 11.3 Å². The third-order valence-electron chi connectivity index (χ3n) is 5.12. The number of carbonyl (C=O) groups excluding carboxylic acids is 2. The molecular weight excluding hydrogens is 344 g/mol. The zero-order chi connectivity index (χ0) is 18.8. The Morgan fingerprint density at radius 1 is 1.19 bits per heavy atom. The number of ether oxygens (including phenoxy) is 1. The summed E-state index contributed by atoms with van der Waals surface area (Å²) < 4.78 is 5.18. The molecule has 0 bridgehead atoms. The minimum Gasteiger partial charge on any atom is -0.481 e. The van der Waals surface area contributed by atoms with Gasteiger partial charge in [0.1, 0.15) is 6.04 Å². The lowest BCUT2D eigenvalue weighted by atomic mass is 10.0. The minimum atomic E-state index is -0.250. The van der Waals surface area contributed by atoms with Crippen molar-refractivity contribution < 1.29 is 14.3 Å². The normalized spacial score (nSPS) is 20.0. The quantitative estimate of drug-likeness (QED) is 0.878. The molecule has 0 aliphatic carbocycles. The van der Waals surface area contributed by atoms with Gasteiger partial charge in [0.05, 0.1) is 12.8 Å². The lowest BCUT2D eigenvalue weighted by molar-refractivity contribution is -0.131. The number of piperazine rings is 2. The number of amides is 2. The number of methoxy groups -OCH3 is 1. The number of hydrogen-bond acceptors (Lipinski definition) is 5. The summed E-state index contributed by atoms with van der Waals surface area (Å²) >= 11 is 0. The molecular formula is C20H22N4O3. The third-order valence-corrected chi connectivity index (χ3v) is 5.12. The van der Waals surface area contributed by atoms with Crippen LogP contribution in [0.3, 0.4) is 0 Å². The van der Waals surface area contributed by atoms with E-state index >= 15 is 0 Å². The number of rotatable bonds is 3. The molecule has 0 radical (unpaired) electrons. The lowest BCUT2D eigenvalue weighted by Gasteiger charge is -2.43. The van der Waals surface area contributed by atoms with Crippen molar-refractivity contribution in [2.24, 2.45) is 0 Å². The fourth-order valence-electron chi connectivity index (χ4n) is 3.65. The largest absolute Gasteiger partial charge is 0.481 e. The van der Waals surface area contributed by atoms with Gasteiger partial charge in [-0.2, -0.15) is 0 Å². The highest BCUT2D eigenvalue weighted by Gasteiger charge is 2.36. The van der Waals surface area contributed by atoms with Crippen LogP contribution in [0.4, 0.5) is 0 Å². The van der Waals surface area contributed by atoms with Gasteiger partial charge >= 0.3 is 0 Å². The summed E-state index contributed by atoms with van der Waals surface area (Å²) in [6.07, 6.45) is 0. The maximum atomic E-state index is 13.0. The average Bonchev–Trinajstić information content (AvgIpc) is 2.73. The second-order valence-electron chi connectivity index (χ2n) is 6.74. The van der Waals surface area contributed by atoms with E-state index in [2.05, 4.69) is 15.2 Å². The Kier molecular flexibility index (Phi) is 4.77. The Bertz CT molecular complexity index is 870. The van der Waals surface area contributed by atoms with Crippen molar-refractivity contribution in [3.05, 3.63) is 48.0 Å². The Morgan fingerprint density at radius 2 is 2.04 bits per heavy atom. The number of pyridine rings is 1. The lowest BCUT2D eigenvalue weighted by Crippen LogP contribution is -2.64. The number of benzene rings is 1. The van der Waals surface area contributed by atoms with Crippen LogP contribution < -0.4 is 10.1 Å². The highest BCUT2D eigenvalue weighted by Crippen LogP contribution is 2.22. The van der Waals surface area contributed by atoms with E-state index in [1.165, 1.54) is 0 Å². The first-order valence-electron chi connectivity index (χ1n) is 9.08. The maximum Gasteiger partial charge on any atom is 0.253 e. The number of carbonyl (C=O) groups is 2. The van der Waals surface area contributed by atoms with Crippen LogP contribution in [0.1, 0.15) is 10.4 Å². The van der Waals surface area contributed by atoms with Gasteiger partial charge in [-0.1, -0.05) is 18.2 Å². The molecule has 1 aromatic heterocycles. The minimum absolute atomic E-state index is 0.00748. The molecule has 2 aliphatic heterocycles. The number of nitrogens with one attached hydrogen (secondary N) is 1. The number of aromatic nitrogens is 1. The molecule has 140 valence electrons. The topological polar surface area (TPSA) is 74.8 Å². The molecule has 1 aromatic carbocycles. The smallest absolute Gasteiger partial charge is 0.253 e. The molecule has 7 nitrogen and oxygen atoms in total. The summed E-state index contributed by atoms with van der Waals surface area (Å²) in [6, 6.07) is 12.7. The van der Waals surface area contributed by atoms with Crippen molar-refractivity contribution in [2.45, 2.75) is 6.04 Å². The number of nitrogens with zero attached hydrogens (tertiary/aromatic N) is 3. The first-order chi connectivity index (χ1) is 13.2. The van der Waals surface area contributed by atoms with E-state index in [-0.39, 0.29) is 17.9 Å². The fourth-order valence-corrected chi connectivity index (χ4v) is 3.65. The molecule has 27 heavy (non-hydrogen) atoms. The van der Waals surface area contributed by atoms with E-state index in [1.807, 2.05) is 30.3 Å². The van der Waals surface area contributed by atoms with E-state index < -0.39 is 0 Å². The van der Waals surface area contributed by atoms with Crippen LogP contribution in [-0.4, -0.2) is 72.5 Å². The van der Waals surface area contributed by atoms with Crippen LogP contribution in [0, 0.1) is 0 Å². The van der Waals surface area contributed by atoms with Crippen molar-refractivity contribution >= 4 is 11.8 Å². The predicted molar refractivity (Wildman–Crippen MR) is 100 cm³/mol. The van der Waals surface area contributed by atoms with Gasteiger partial charge in [0, 0.05) is 49.9 Å². The Morgan fingerprint density at radius 3 is 2.89 bits per heavy atom. The van der Waals surface area contributed by atoms with Crippen molar-refractivity contribution in [2.75, 3.05) is 39.8 Å². The molecule has 2 aromatic rings. The first kappa shape index (κ1) is 17.5. The number of fused-ring (bicyclic) bond motifs is 1. The second kappa shape index (κ2) is 7.36. The monoisotopic (exact) mass is 366 g/mol. The first-order valence-corrected chi connectivity index (χ1v) is 9.08. The molecule has 2 amide bonds. The van der Waals surface area contributed by atoms with Crippen LogP contribution >= 0.6 is 0 Å². The zero-order valence-electron chi connectivity index (χ0n) is 15.2. The molecule has 2 saturated heterocycles. The van der Waals surface area contributed by atoms with Gasteiger partial charge in [-0.25, -0.2) is 4.98 Å². The molecule has 4 rings (SSSR count). The third kappa shape index (κ3) is 3.50. The van der Waals surface area contributed by atoms with Gasteiger partial charge in [0.2, 0.25) is 11.8 Å². The van der Waals surface area contributed by atoms with Crippen LogP contribution in [0.15, 0.2) is 42.5 Å². The summed E-state index contributed by atoms with van der Waals surface area (Å²) in [5.41, 5.74) is 2.20. The summed E-state index contributed by atoms with van der Waals surface area (Å²) in [6.45, 7) is 3.30. The Hall–Kier alpha value is -2.93. The summed E-state index contributed by atoms with van der Waals surface area (Å²) in [5, 5.41) is 2.88. The average molecular weight is 366 g/mol. The van der Waals surface area contributed by atoms with Crippen LogP contribution in [0.2, 0.25) is 0 Å². The Labute approximate surface area is 157 Å². The highest BCUT2D eigenvalue weighted by molar-refractivity contribution is 5.96. The highest BCUT2D eigenvalue weighted by atomic mass is 16.5. The van der Waals surface area contributed by atoms with Crippen molar-refractivity contribution in [3.63, 3.8) is 0 Å². The molecule has 1 N–H and O–H groups in total. The summed E-state index contributed by atoms with van der Waals surface area (Å²) in [5.74, 6) is 0.481. The second-order valence-corrected chi connectivity index (χ2v) is 6.74. The van der Waals surface area contributed by atoms with E-state index in [9.17, 15) is 9.59 Å². The van der Waals surface area contributed by atoms with Gasteiger partial charge in [-0.3, -0.25) is 14.5 Å². The van der Waals surface area contributed by atoms with Crippen molar-refractivity contribution in [1.82, 2.24) is 20.1 Å². The van der Waals surface area contributed by atoms with Gasteiger partial charge < -0.3 is 15.0 Å². The molecule has 3 heterocycles.